The van der Waals surface area contributed by atoms with E-state index in [4.69, 9.17) is 4.74 Å². The van der Waals surface area contributed by atoms with Gasteiger partial charge >= 0.3 is 0 Å². The molecular formula is C22H16FNO3S. The normalized spacial score (nSPS) is 11.6. The van der Waals surface area contributed by atoms with E-state index in [0.717, 1.165) is 0 Å². The van der Waals surface area contributed by atoms with E-state index in [2.05, 4.69) is 0 Å². The molecule has 3 rings (SSSR count). The molecule has 3 aromatic rings. The number of halogens is 1. The standard InChI is InChI=1S/C22H16FNO3S/c23-22-12-5-4-8-18(22)16-27-19-9-6-7-17(13-19)14-21(15-24)28(25,26)20-10-2-1-3-11-20/h1-14H,16H2/b21-14+. The fraction of sp³-hybridized carbons (Fsp3) is 0.0455. The topological polar surface area (TPSA) is 67.2 Å². The Hall–Kier alpha value is -3.43. The van der Waals surface area contributed by atoms with Crippen LogP contribution < -0.4 is 4.74 Å². The highest BCUT2D eigenvalue weighted by Crippen LogP contribution is 2.23. The lowest BCUT2D eigenvalue weighted by Crippen LogP contribution is -2.03. The first kappa shape index (κ1) is 19.3. The molecule has 0 spiro atoms. The van der Waals surface area contributed by atoms with E-state index in [1.54, 1.807) is 66.7 Å². The zero-order valence-electron chi connectivity index (χ0n) is 14.7. The minimum atomic E-state index is -3.91. The van der Waals surface area contributed by atoms with Crippen LogP contribution in [0.5, 0.6) is 5.75 Å². The van der Waals surface area contributed by atoms with Gasteiger partial charge in [-0.1, -0.05) is 48.5 Å². The molecule has 0 amide bonds. The molecule has 0 bridgehead atoms. The van der Waals surface area contributed by atoms with Gasteiger partial charge in [-0.2, -0.15) is 5.26 Å². The van der Waals surface area contributed by atoms with Gasteiger partial charge in [0.1, 0.15) is 29.1 Å². The molecule has 0 aliphatic heterocycles. The van der Waals surface area contributed by atoms with Gasteiger partial charge in [-0.25, -0.2) is 12.8 Å². The van der Waals surface area contributed by atoms with E-state index < -0.39 is 9.84 Å². The first-order valence-electron chi connectivity index (χ1n) is 8.39. The van der Waals surface area contributed by atoms with Crippen LogP contribution in [-0.2, 0) is 16.4 Å². The van der Waals surface area contributed by atoms with E-state index in [1.165, 1.54) is 24.3 Å². The van der Waals surface area contributed by atoms with Crippen molar-refractivity contribution in [2.75, 3.05) is 0 Å². The van der Waals surface area contributed by atoms with Gasteiger partial charge in [-0.05, 0) is 42.0 Å². The zero-order chi connectivity index (χ0) is 20.0. The number of ether oxygens (including phenoxy) is 1. The molecule has 0 atom stereocenters. The molecule has 0 aliphatic rings. The van der Waals surface area contributed by atoms with Crippen LogP contribution in [0.1, 0.15) is 11.1 Å². The molecule has 0 aromatic heterocycles. The zero-order valence-corrected chi connectivity index (χ0v) is 15.6. The Labute approximate surface area is 163 Å². The maximum Gasteiger partial charge on any atom is 0.216 e. The van der Waals surface area contributed by atoms with Gasteiger partial charge in [0, 0.05) is 5.56 Å². The summed E-state index contributed by atoms with van der Waals surface area (Å²) in [6.45, 7) is 0.0350. The maximum absolute atomic E-state index is 13.7. The maximum atomic E-state index is 13.7. The van der Waals surface area contributed by atoms with Crippen LogP contribution in [0, 0.1) is 17.1 Å². The van der Waals surface area contributed by atoms with Crippen LogP contribution in [0.2, 0.25) is 0 Å². The molecule has 3 aromatic carbocycles. The predicted octanol–water partition coefficient (Wildman–Crippen LogP) is 4.74. The summed E-state index contributed by atoms with van der Waals surface area (Å²) in [4.78, 5) is -0.320. The molecule has 4 nitrogen and oxygen atoms in total. The lowest BCUT2D eigenvalue weighted by Gasteiger charge is -2.08. The van der Waals surface area contributed by atoms with Crippen LogP contribution in [-0.4, -0.2) is 8.42 Å². The monoisotopic (exact) mass is 393 g/mol. The van der Waals surface area contributed by atoms with Crippen molar-refractivity contribution >= 4 is 15.9 Å². The van der Waals surface area contributed by atoms with Crippen LogP contribution in [0.15, 0.2) is 88.7 Å². The van der Waals surface area contributed by atoms with Gasteiger partial charge in [-0.15, -0.1) is 0 Å². The second-order valence-electron chi connectivity index (χ2n) is 5.89. The number of nitriles is 1. The van der Waals surface area contributed by atoms with Crippen molar-refractivity contribution in [1.29, 1.82) is 5.26 Å². The lowest BCUT2D eigenvalue weighted by atomic mass is 10.2. The van der Waals surface area contributed by atoms with Gasteiger partial charge in [0.25, 0.3) is 0 Å². The Morgan fingerprint density at radius 2 is 1.71 bits per heavy atom. The third-order valence-electron chi connectivity index (χ3n) is 3.96. The van der Waals surface area contributed by atoms with Crippen LogP contribution in [0.25, 0.3) is 6.08 Å². The molecule has 0 N–H and O–H groups in total. The molecule has 0 heterocycles. The van der Waals surface area contributed by atoms with Crippen molar-refractivity contribution in [1.82, 2.24) is 0 Å². The quantitative estimate of drug-likeness (QED) is 0.567. The summed E-state index contributed by atoms with van der Waals surface area (Å²) in [5.74, 6) is 0.0747. The summed E-state index contributed by atoms with van der Waals surface area (Å²) in [7, 11) is -3.91. The predicted molar refractivity (Wildman–Crippen MR) is 104 cm³/mol. The van der Waals surface area contributed by atoms with Gasteiger partial charge < -0.3 is 4.74 Å². The van der Waals surface area contributed by atoms with Crippen molar-refractivity contribution in [3.8, 4) is 11.8 Å². The third kappa shape index (κ3) is 4.45. The highest BCUT2D eigenvalue weighted by atomic mass is 32.2. The fourth-order valence-corrected chi connectivity index (χ4v) is 3.70. The molecule has 28 heavy (non-hydrogen) atoms. The first-order valence-corrected chi connectivity index (χ1v) is 9.87. The van der Waals surface area contributed by atoms with Gasteiger partial charge in [0.05, 0.1) is 4.90 Å². The van der Waals surface area contributed by atoms with Crippen molar-refractivity contribution < 1.29 is 17.5 Å². The van der Waals surface area contributed by atoms with Crippen molar-refractivity contribution in [2.45, 2.75) is 11.5 Å². The Balaban J connectivity index is 1.85. The minimum absolute atomic E-state index is 0.0350. The van der Waals surface area contributed by atoms with E-state index in [9.17, 15) is 18.1 Å². The summed E-state index contributed by atoms with van der Waals surface area (Å²) in [6, 6.07) is 22.4. The minimum Gasteiger partial charge on any atom is -0.489 e. The smallest absolute Gasteiger partial charge is 0.216 e. The molecule has 0 aliphatic carbocycles. The molecule has 140 valence electrons. The molecule has 0 saturated heterocycles. The van der Waals surface area contributed by atoms with E-state index in [1.807, 2.05) is 0 Å². The summed E-state index contributed by atoms with van der Waals surface area (Å²) in [5, 5.41) is 9.37. The molecule has 0 unspecified atom stereocenters. The molecule has 0 saturated carbocycles. The average Bonchev–Trinajstić information content (AvgIpc) is 2.72. The lowest BCUT2D eigenvalue weighted by molar-refractivity contribution is 0.300. The molecule has 0 radical (unpaired) electrons. The first-order chi connectivity index (χ1) is 13.5. The second kappa shape index (κ2) is 8.51. The third-order valence-corrected chi connectivity index (χ3v) is 5.64. The number of sulfone groups is 1. The second-order valence-corrected chi connectivity index (χ2v) is 7.81. The fourth-order valence-electron chi connectivity index (χ4n) is 2.52. The number of hydrogen-bond donors (Lipinski definition) is 0. The van der Waals surface area contributed by atoms with Crippen molar-refractivity contribution in [3.05, 3.63) is 101 Å². The van der Waals surface area contributed by atoms with Crippen molar-refractivity contribution in [3.63, 3.8) is 0 Å². The van der Waals surface area contributed by atoms with Crippen molar-refractivity contribution in [2.24, 2.45) is 0 Å². The Kier molecular flexibility index (Phi) is 5.87. The largest absolute Gasteiger partial charge is 0.489 e. The number of allylic oxidation sites excluding steroid dienone is 1. The van der Waals surface area contributed by atoms with Crippen LogP contribution >= 0.6 is 0 Å². The number of benzene rings is 3. The van der Waals surface area contributed by atoms with E-state index >= 15 is 0 Å². The highest BCUT2D eigenvalue weighted by Gasteiger charge is 2.20. The number of nitrogens with zero attached hydrogens (tertiary/aromatic N) is 1. The Morgan fingerprint density at radius 1 is 1.00 bits per heavy atom. The molecule has 0 fully saturated rings. The van der Waals surface area contributed by atoms with Crippen LogP contribution in [0.3, 0.4) is 0 Å². The summed E-state index contributed by atoms with van der Waals surface area (Å²) < 4.78 is 44.6. The van der Waals surface area contributed by atoms with Crippen LogP contribution in [0.4, 0.5) is 4.39 Å². The average molecular weight is 393 g/mol. The summed E-state index contributed by atoms with van der Waals surface area (Å²) in [5.41, 5.74) is 0.898. The Bertz CT molecular complexity index is 1150. The summed E-state index contributed by atoms with van der Waals surface area (Å²) >= 11 is 0. The SMILES string of the molecule is N#C/C(=C\c1cccc(OCc2ccccc2F)c1)S(=O)(=O)c1ccccc1. The molecular weight excluding hydrogens is 377 g/mol. The highest BCUT2D eigenvalue weighted by molar-refractivity contribution is 7.95. The van der Waals surface area contributed by atoms with Gasteiger partial charge in [-0.3, -0.25) is 0 Å². The Morgan fingerprint density at radius 3 is 2.43 bits per heavy atom. The van der Waals surface area contributed by atoms with Gasteiger partial charge in [0.2, 0.25) is 9.84 Å². The van der Waals surface area contributed by atoms with E-state index in [-0.39, 0.29) is 22.2 Å². The number of rotatable bonds is 6. The van der Waals surface area contributed by atoms with Gasteiger partial charge in [0.15, 0.2) is 0 Å². The van der Waals surface area contributed by atoms with E-state index in [0.29, 0.717) is 16.9 Å². The molecule has 6 heteroatoms. The summed E-state index contributed by atoms with van der Waals surface area (Å²) in [6.07, 6.45) is 1.29. The number of hydrogen-bond acceptors (Lipinski definition) is 4.